The fourth-order valence-corrected chi connectivity index (χ4v) is 2.92. The van der Waals surface area contributed by atoms with Crippen LogP contribution in [-0.4, -0.2) is 17.3 Å². The maximum atomic E-state index is 13.6. The smallest absolute Gasteiger partial charge is 0.141 e. The van der Waals surface area contributed by atoms with E-state index >= 15 is 0 Å². The van der Waals surface area contributed by atoms with Crippen LogP contribution in [-0.2, 0) is 0 Å². The molecule has 2 rings (SSSR count). The molecule has 0 aliphatic heterocycles. The summed E-state index contributed by atoms with van der Waals surface area (Å²) in [6.07, 6.45) is 6.18. The summed E-state index contributed by atoms with van der Waals surface area (Å²) in [5, 5.41) is 22.6. The second-order valence-electron chi connectivity index (χ2n) is 6.09. The summed E-state index contributed by atoms with van der Waals surface area (Å²) in [4.78, 5) is 0. The molecule has 0 heterocycles. The molecule has 0 bridgehead atoms. The van der Waals surface area contributed by atoms with Gasteiger partial charge in [0.1, 0.15) is 11.9 Å². The molecule has 0 amide bonds. The van der Waals surface area contributed by atoms with E-state index in [0.29, 0.717) is 6.54 Å². The minimum Gasteiger partial charge on any atom is -0.389 e. The van der Waals surface area contributed by atoms with E-state index in [1.165, 1.54) is 25.0 Å². The van der Waals surface area contributed by atoms with Crippen molar-refractivity contribution in [2.45, 2.75) is 57.1 Å². The first-order valence-corrected chi connectivity index (χ1v) is 7.69. The summed E-state index contributed by atoms with van der Waals surface area (Å²) in [5.41, 5.74) is 0.215. The molecule has 0 spiro atoms. The Morgan fingerprint density at radius 3 is 2.57 bits per heavy atom. The fourth-order valence-electron chi connectivity index (χ4n) is 2.92. The van der Waals surface area contributed by atoms with Crippen molar-refractivity contribution in [3.63, 3.8) is 0 Å². The number of aliphatic hydroxyl groups is 1. The van der Waals surface area contributed by atoms with Gasteiger partial charge in [-0.15, -0.1) is 0 Å². The van der Waals surface area contributed by atoms with Gasteiger partial charge in [-0.3, -0.25) is 0 Å². The number of hydrogen-bond donors (Lipinski definition) is 2. The van der Waals surface area contributed by atoms with E-state index < -0.39 is 11.4 Å². The van der Waals surface area contributed by atoms with Gasteiger partial charge in [0.15, 0.2) is 0 Å². The summed E-state index contributed by atoms with van der Waals surface area (Å²) >= 11 is 0. The molecule has 0 radical (unpaired) electrons. The molecule has 1 aromatic carbocycles. The molecule has 0 saturated heterocycles. The number of nitrogens with one attached hydrogen (secondary N) is 1. The Morgan fingerprint density at radius 2 is 2.00 bits per heavy atom. The highest BCUT2D eigenvalue weighted by atomic mass is 19.1. The monoisotopic (exact) mass is 290 g/mol. The Bertz CT molecular complexity index is 516. The molecule has 1 aliphatic carbocycles. The molecule has 0 aromatic heterocycles. The summed E-state index contributed by atoms with van der Waals surface area (Å²) < 4.78 is 13.6. The van der Waals surface area contributed by atoms with E-state index in [0.717, 1.165) is 31.2 Å². The highest BCUT2D eigenvalue weighted by Crippen LogP contribution is 2.27. The topological polar surface area (TPSA) is 56.0 Å². The van der Waals surface area contributed by atoms with Crippen LogP contribution in [0.2, 0.25) is 0 Å². The minimum atomic E-state index is -0.643. The van der Waals surface area contributed by atoms with Crippen LogP contribution < -0.4 is 5.32 Å². The van der Waals surface area contributed by atoms with E-state index in [-0.39, 0.29) is 11.6 Å². The second kappa shape index (κ2) is 7.02. The minimum absolute atomic E-state index is 0.0560. The Morgan fingerprint density at radius 1 is 1.33 bits per heavy atom. The van der Waals surface area contributed by atoms with Crippen molar-refractivity contribution in [2.24, 2.45) is 0 Å². The molecule has 3 nitrogen and oxygen atoms in total. The van der Waals surface area contributed by atoms with E-state index in [1.807, 2.05) is 13.0 Å². The number of benzene rings is 1. The Hall–Kier alpha value is -1.44. The van der Waals surface area contributed by atoms with Gasteiger partial charge in [0, 0.05) is 12.6 Å². The van der Waals surface area contributed by atoms with Crippen LogP contribution in [0.5, 0.6) is 0 Å². The average Bonchev–Trinajstić information content (AvgIpc) is 2.70. The summed E-state index contributed by atoms with van der Waals surface area (Å²) in [6.45, 7) is 2.47. The van der Waals surface area contributed by atoms with Gasteiger partial charge in [-0.2, -0.15) is 5.26 Å². The summed E-state index contributed by atoms with van der Waals surface area (Å²) in [6, 6.07) is 6.43. The molecule has 1 aliphatic rings. The molecule has 1 unspecified atom stereocenters. The lowest BCUT2D eigenvalue weighted by molar-refractivity contribution is 0.0231. The quantitative estimate of drug-likeness (QED) is 0.835. The van der Waals surface area contributed by atoms with Crippen LogP contribution in [0.15, 0.2) is 18.2 Å². The van der Waals surface area contributed by atoms with Crippen molar-refractivity contribution in [1.29, 1.82) is 5.26 Å². The average molecular weight is 290 g/mol. The Balaban J connectivity index is 1.96. The summed E-state index contributed by atoms with van der Waals surface area (Å²) in [7, 11) is 0. The molecule has 21 heavy (non-hydrogen) atoms. The van der Waals surface area contributed by atoms with Crippen LogP contribution in [0.1, 0.15) is 62.6 Å². The first-order chi connectivity index (χ1) is 10.0. The van der Waals surface area contributed by atoms with Crippen LogP contribution >= 0.6 is 0 Å². The molecule has 1 fully saturated rings. The predicted octanol–water partition coefficient (Wildman–Crippen LogP) is 3.43. The largest absolute Gasteiger partial charge is 0.389 e. The lowest BCUT2D eigenvalue weighted by Crippen LogP contribution is -2.41. The van der Waals surface area contributed by atoms with Crippen molar-refractivity contribution >= 4 is 0 Å². The van der Waals surface area contributed by atoms with Gasteiger partial charge in [0.25, 0.3) is 0 Å². The zero-order valence-corrected chi connectivity index (χ0v) is 12.5. The lowest BCUT2D eigenvalue weighted by Gasteiger charge is -2.29. The van der Waals surface area contributed by atoms with E-state index in [2.05, 4.69) is 5.32 Å². The maximum absolute atomic E-state index is 13.6. The van der Waals surface area contributed by atoms with Gasteiger partial charge in [-0.05, 0) is 37.5 Å². The number of rotatable bonds is 4. The number of halogens is 1. The Labute approximate surface area is 125 Å². The highest BCUT2D eigenvalue weighted by molar-refractivity contribution is 5.34. The molecule has 2 N–H and O–H groups in total. The molecule has 114 valence electrons. The first-order valence-electron chi connectivity index (χ1n) is 7.69. The first kappa shape index (κ1) is 15.9. The molecular formula is C17H23FN2O. The molecule has 1 atom stereocenters. The molecule has 1 aromatic rings. The zero-order chi connectivity index (χ0) is 15.3. The fraction of sp³-hybridized carbons (Fsp3) is 0.588. The van der Waals surface area contributed by atoms with Gasteiger partial charge in [0.2, 0.25) is 0 Å². The van der Waals surface area contributed by atoms with Gasteiger partial charge in [0.05, 0.1) is 11.2 Å². The third-order valence-corrected chi connectivity index (χ3v) is 4.39. The second-order valence-corrected chi connectivity index (χ2v) is 6.09. The highest BCUT2D eigenvalue weighted by Gasteiger charge is 2.28. The van der Waals surface area contributed by atoms with Crippen molar-refractivity contribution in [1.82, 2.24) is 5.32 Å². The van der Waals surface area contributed by atoms with E-state index in [9.17, 15) is 9.50 Å². The van der Waals surface area contributed by atoms with Gasteiger partial charge >= 0.3 is 0 Å². The zero-order valence-electron chi connectivity index (χ0n) is 12.5. The van der Waals surface area contributed by atoms with Crippen LogP contribution in [0.25, 0.3) is 0 Å². The Kier molecular flexibility index (Phi) is 5.33. The molecule has 4 heteroatoms. The molecular weight excluding hydrogens is 267 g/mol. The molecule has 1 saturated carbocycles. The standard InChI is InChI=1S/C17H23FN2O/c1-13(14-6-7-15(11-19)16(18)10-14)20-12-17(21)8-4-2-3-5-9-17/h6-7,10,13,20-21H,2-5,8-9,12H2,1H3. The number of hydrogen-bond acceptors (Lipinski definition) is 3. The third kappa shape index (κ3) is 4.26. The van der Waals surface area contributed by atoms with Crippen molar-refractivity contribution in [3.05, 3.63) is 35.1 Å². The maximum Gasteiger partial charge on any atom is 0.141 e. The number of nitrogens with zero attached hydrogens (tertiary/aromatic N) is 1. The van der Waals surface area contributed by atoms with E-state index in [4.69, 9.17) is 5.26 Å². The lowest BCUT2D eigenvalue weighted by atomic mass is 9.94. The predicted molar refractivity (Wildman–Crippen MR) is 80.2 cm³/mol. The van der Waals surface area contributed by atoms with Crippen LogP contribution in [0.3, 0.4) is 0 Å². The van der Waals surface area contributed by atoms with Gasteiger partial charge in [-0.1, -0.05) is 31.7 Å². The van der Waals surface area contributed by atoms with Crippen molar-refractivity contribution in [2.75, 3.05) is 6.54 Å². The number of nitriles is 1. The van der Waals surface area contributed by atoms with Gasteiger partial charge in [-0.25, -0.2) is 4.39 Å². The van der Waals surface area contributed by atoms with Crippen molar-refractivity contribution in [3.8, 4) is 6.07 Å². The summed E-state index contributed by atoms with van der Waals surface area (Å²) in [5.74, 6) is -0.489. The van der Waals surface area contributed by atoms with Crippen LogP contribution in [0.4, 0.5) is 4.39 Å². The van der Waals surface area contributed by atoms with Crippen molar-refractivity contribution < 1.29 is 9.50 Å². The third-order valence-electron chi connectivity index (χ3n) is 4.39. The van der Waals surface area contributed by atoms with E-state index in [1.54, 1.807) is 6.07 Å². The van der Waals surface area contributed by atoms with Crippen LogP contribution in [0, 0.1) is 17.1 Å². The SMILES string of the molecule is CC(NCC1(O)CCCCCC1)c1ccc(C#N)c(F)c1. The van der Waals surface area contributed by atoms with Gasteiger partial charge < -0.3 is 10.4 Å². The normalized spacial score (nSPS) is 19.5.